The van der Waals surface area contributed by atoms with E-state index in [0.29, 0.717) is 37.9 Å². The summed E-state index contributed by atoms with van der Waals surface area (Å²) in [5, 5.41) is 12.4. The molecule has 0 atom stereocenters. The van der Waals surface area contributed by atoms with Crippen LogP contribution in [0.2, 0.25) is 5.02 Å². The highest BCUT2D eigenvalue weighted by atomic mass is 35.5. The number of rotatable bonds is 3. The van der Waals surface area contributed by atoms with Crippen LogP contribution < -0.4 is 5.32 Å². The van der Waals surface area contributed by atoms with Gasteiger partial charge in [-0.2, -0.15) is 5.26 Å². The zero-order valence-electron chi connectivity index (χ0n) is 14.7. The van der Waals surface area contributed by atoms with E-state index in [1.807, 2.05) is 6.07 Å². The lowest BCUT2D eigenvalue weighted by atomic mass is 10.2. The molecule has 0 radical (unpaired) electrons. The Kier molecular flexibility index (Phi) is 5.25. The Balaban J connectivity index is 1.55. The number of benzene rings is 1. The average Bonchev–Trinajstić information content (AvgIpc) is 3.06. The van der Waals surface area contributed by atoms with Crippen molar-refractivity contribution in [1.82, 2.24) is 15.3 Å². The van der Waals surface area contributed by atoms with Crippen molar-refractivity contribution in [2.75, 3.05) is 0 Å². The number of carbonyl (C=O) groups excluding carboxylic acids is 1. The van der Waals surface area contributed by atoms with E-state index in [1.54, 1.807) is 30.3 Å². The highest BCUT2D eigenvalue weighted by Gasteiger charge is 2.23. The SMILES string of the molecule is N#Cc1cnc2ccc(/C=C3/SC(=NCc4ccc(F)cc4Cl)NC3=O)nc2c1. The van der Waals surface area contributed by atoms with Gasteiger partial charge in [-0.3, -0.25) is 14.8 Å². The Morgan fingerprint density at radius 3 is 2.93 bits per heavy atom. The van der Waals surface area contributed by atoms with Crippen LogP contribution in [0.5, 0.6) is 0 Å². The molecule has 1 aliphatic rings. The second kappa shape index (κ2) is 7.99. The van der Waals surface area contributed by atoms with Crippen molar-refractivity contribution in [2.45, 2.75) is 6.54 Å². The number of amidine groups is 1. The molecular formula is C20H11ClFN5OS. The summed E-state index contributed by atoms with van der Waals surface area (Å²) < 4.78 is 13.1. The van der Waals surface area contributed by atoms with Crippen LogP contribution in [0.4, 0.5) is 4.39 Å². The molecule has 1 aliphatic heterocycles. The average molecular weight is 424 g/mol. The fraction of sp³-hybridized carbons (Fsp3) is 0.0500. The standard InChI is InChI=1S/C20H11ClFN5OS/c21-15-6-13(22)2-1-12(15)10-25-20-27-19(28)18(29-20)7-14-3-4-16-17(26-14)5-11(8-23)9-24-16/h1-7,9H,10H2,(H,25,27,28)/b18-7+. The molecule has 29 heavy (non-hydrogen) atoms. The topological polar surface area (TPSA) is 91.0 Å². The first-order valence-corrected chi connectivity index (χ1v) is 9.57. The first kappa shape index (κ1) is 19.1. The molecule has 2 aromatic heterocycles. The van der Waals surface area contributed by atoms with Crippen molar-refractivity contribution in [3.8, 4) is 6.07 Å². The summed E-state index contributed by atoms with van der Waals surface area (Å²) in [7, 11) is 0. The number of amides is 1. The lowest BCUT2D eigenvalue weighted by Gasteiger charge is -2.01. The predicted molar refractivity (Wildman–Crippen MR) is 111 cm³/mol. The zero-order valence-corrected chi connectivity index (χ0v) is 16.3. The van der Waals surface area contributed by atoms with Crippen molar-refractivity contribution in [3.05, 3.63) is 75.2 Å². The molecule has 1 saturated heterocycles. The van der Waals surface area contributed by atoms with Crippen molar-refractivity contribution in [3.63, 3.8) is 0 Å². The van der Waals surface area contributed by atoms with E-state index in [1.165, 1.54) is 30.1 Å². The van der Waals surface area contributed by atoms with E-state index in [2.05, 4.69) is 20.3 Å². The normalized spacial score (nSPS) is 16.4. The minimum atomic E-state index is -0.417. The maximum Gasteiger partial charge on any atom is 0.264 e. The molecule has 9 heteroatoms. The van der Waals surface area contributed by atoms with Crippen molar-refractivity contribution in [2.24, 2.45) is 4.99 Å². The number of carbonyl (C=O) groups is 1. The van der Waals surface area contributed by atoms with E-state index >= 15 is 0 Å². The molecule has 4 rings (SSSR count). The number of halogens is 2. The number of hydrogen-bond donors (Lipinski definition) is 1. The maximum absolute atomic E-state index is 13.1. The Morgan fingerprint density at radius 2 is 2.14 bits per heavy atom. The van der Waals surface area contributed by atoms with Gasteiger partial charge in [0.2, 0.25) is 0 Å². The first-order chi connectivity index (χ1) is 14.0. The van der Waals surface area contributed by atoms with Gasteiger partial charge in [-0.25, -0.2) is 9.37 Å². The summed E-state index contributed by atoms with van der Waals surface area (Å²) in [6.07, 6.45) is 3.13. The van der Waals surface area contributed by atoms with E-state index in [9.17, 15) is 9.18 Å². The van der Waals surface area contributed by atoms with E-state index < -0.39 is 5.82 Å². The van der Waals surface area contributed by atoms with Crippen LogP contribution in [0.15, 0.2) is 52.5 Å². The summed E-state index contributed by atoms with van der Waals surface area (Å²) in [6, 6.07) is 11.3. The summed E-state index contributed by atoms with van der Waals surface area (Å²) >= 11 is 7.18. The van der Waals surface area contributed by atoms with Crippen LogP contribution in [0.3, 0.4) is 0 Å². The fourth-order valence-corrected chi connectivity index (χ4v) is 3.64. The van der Waals surface area contributed by atoms with Gasteiger partial charge in [0.05, 0.1) is 33.7 Å². The van der Waals surface area contributed by atoms with Gasteiger partial charge in [-0.1, -0.05) is 17.7 Å². The molecule has 0 spiro atoms. The fourth-order valence-electron chi connectivity index (χ4n) is 2.61. The van der Waals surface area contributed by atoms with Crippen LogP contribution >= 0.6 is 23.4 Å². The molecule has 3 heterocycles. The quantitative estimate of drug-likeness (QED) is 0.641. The number of nitrogens with zero attached hydrogens (tertiary/aromatic N) is 4. The summed E-state index contributed by atoms with van der Waals surface area (Å²) in [5.41, 5.74) is 2.87. The Bertz CT molecular complexity index is 1250. The Hall–Kier alpha value is -3.28. The highest BCUT2D eigenvalue weighted by molar-refractivity contribution is 8.18. The molecular weight excluding hydrogens is 413 g/mol. The Morgan fingerprint density at radius 1 is 1.28 bits per heavy atom. The zero-order chi connectivity index (χ0) is 20.4. The number of hydrogen-bond acceptors (Lipinski definition) is 6. The first-order valence-electron chi connectivity index (χ1n) is 8.38. The third kappa shape index (κ3) is 4.26. The van der Waals surface area contributed by atoms with Gasteiger partial charge >= 0.3 is 0 Å². The number of aliphatic imine (C=N–C) groups is 1. The van der Waals surface area contributed by atoms with Gasteiger partial charge in [-0.15, -0.1) is 0 Å². The van der Waals surface area contributed by atoms with Gasteiger partial charge < -0.3 is 5.32 Å². The van der Waals surface area contributed by atoms with Crippen molar-refractivity contribution in [1.29, 1.82) is 5.26 Å². The van der Waals surface area contributed by atoms with Crippen LogP contribution in [0, 0.1) is 17.1 Å². The van der Waals surface area contributed by atoms with Crippen LogP contribution in [-0.2, 0) is 11.3 Å². The molecule has 0 bridgehead atoms. The van der Waals surface area contributed by atoms with Crippen molar-refractivity contribution < 1.29 is 9.18 Å². The number of aromatic nitrogens is 2. The van der Waals surface area contributed by atoms with Crippen LogP contribution in [0.1, 0.15) is 16.8 Å². The number of nitrogens with one attached hydrogen (secondary N) is 1. The monoisotopic (exact) mass is 423 g/mol. The molecule has 1 aromatic carbocycles. The van der Waals surface area contributed by atoms with Gasteiger partial charge in [-0.05, 0) is 53.7 Å². The van der Waals surface area contributed by atoms with E-state index in [0.717, 1.165) is 0 Å². The number of nitriles is 1. The summed E-state index contributed by atoms with van der Waals surface area (Å²) in [6.45, 7) is 0.214. The van der Waals surface area contributed by atoms with Gasteiger partial charge in [0.15, 0.2) is 5.17 Å². The van der Waals surface area contributed by atoms with Gasteiger partial charge in [0, 0.05) is 11.2 Å². The van der Waals surface area contributed by atoms with E-state index in [4.69, 9.17) is 16.9 Å². The summed E-state index contributed by atoms with van der Waals surface area (Å²) in [5.74, 6) is -0.704. The molecule has 0 aliphatic carbocycles. The molecule has 142 valence electrons. The summed E-state index contributed by atoms with van der Waals surface area (Å²) in [4.78, 5) is 25.6. The second-order valence-electron chi connectivity index (χ2n) is 6.03. The molecule has 3 aromatic rings. The maximum atomic E-state index is 13.1. The lowest BCUT2D eigenvalue weighted by molar-refractivity contribution is -0.115. The molecule has 1 amide bonds. The smallest absolute Gasteiger partial charge is 0.264 e. The molecule has 1 N–H and O–H groups in total. The Labute approximate surface area is 174 Å². The minimum absolute atomic E-state index is 0.214. The third-order valence-electron chi connectivity index (χ3n) is 4.03. The van der Waals surface area contributed by atoms with Gasteiger partial charge in [0.1, 0.15) is 11.9 Å². The lowest BCUT2D eigenvalue weighted by Crippen LogP contribution is -2.19. The molecule has 0 saturated carbocycles. The number of thioether (sulfide) groups is 1. The van der Waals surface area contributed by atoms with Crippen molar-refractivity contribution >= 4 is 51.5 Å². The molecule has 6 nitrogen and oxygen atoms in total. The minimum Gasteiger partial charge on any atom is -0.301 e. The third-order valence-corrected chi connectivity index (χ3v) is 5.33. The molecule has 1 fully saturated rings. The van der Waals surface area contributed by atoms with Crippen LogP contribution in [-0.4, -0.2) is 21.0 Å². The predicted octanol–water partition coefficient (Wildman–Crippen LogP) is 4.05. The second-order valence-corrected chi connectivity index (χ2v) is 7.47. The van der Waals surface area contributed by atoms with E-state index in [-0.39, 0.29) is 17.5 Å². The number of fused-ring (bicyclic) bond motifs is 1. The van der Waals surface area contributed by atoms with Crippen LogP contribution in [0.25, 0.3) is 17.1 Å². The largest absolute Gasteiger partial charge is 0.301 e. The van der Waals surface area contributed by atoms with Gasteiger partial charge in [0.25, 0.3) is 5.91 Å². The molecule has 0 unspecified atom stereocenters. The highest BCUT2D eigenvalue weighted by Crippen LogP contribution is 2.27. The number of pyridine rings is 2.